The van der Waals surface area contributed by atoms with Crippen molar-refractivity contribution in [1.82, 2.24) is 10.2 Å². The Bertz CT molecular complexity index is 310. The molecule has 1 aliphatic heterocycles. The number of amides is 1. The fourth-order valence-electron chi connectivity index (χ4n) is 2.14. The van der Waals surface area contributed by atoms with Gasteiger partial charge in [0.05, 0.1) is 12.7 Å². The summed E-state index contributed by atoms with van der Waals surface area (Å²) >= 11 is 0. The smallest absolute Gasteiger partial charge is 0.410 e. The van der Waals surface area contributed by atoms with Crippen LogP contribution in [0.1, 0.15) is 40.0 Å². The molecule has 5 heteroatoms. The average Bonchev–Trinajstić information content (AvgIpc) is 2.99. The van der Waals surface area contributed by atoms with Crippen LogP contribution in [0.2, 0.25) is 0 Å². The normalized spacial score (nSPS) is 23.7. The highest BCUT2D eigenvalue weighted by Gasteiger charge is 2.29. The fourth-order valence-corrected chi connectivity index (χ4v) is 2.14. The number of likely N-dealkylation sites (tertiary alicyclic amines) is 1. The van der Waals surface area contributed by atoms with Crippen LogP contribution in [0.15, 0.2) is 0 Å². The first kappa shape index (κ1) is 14.6. The maximum absolute atomic E-state index is 11.9. The maximum atomic E-state index is 11.9. The Morgan fingerprint density at radius 3 is 2.68 bits per heavy atom. The highest BCUT2D eigenvalue weighted by molar-refractivity contribution is 5.68. The molecule has 1 saturated carbocycles. The average molecular weight is 270 g/mol. The van der Waals surface area contributed by atoms with Gasteiger partial charge in [0.25, 0.3) is 0 Å². The van der Waals surface area contributed by atoms with Crippen LogP contribution < -0.4 is 5.32 Å². The van der Waals surface area contributed by atoms with Crippen molar-refractivity contribution in [3.05, 3.63) is 0 Å². The molecule has 1 amide bonds. The summed E-state index contributed by atoms with van der Waals surface area (Å²) in [6.07, 6.45) is 3.74. The second kappa shape index (κ2) is 6.09. The summed E-state index contributed by atoms with van der Waals surface area (Å²) < 4.78 is 11.0. The highest BCUT2D eigenvalue weighted by Crippen LogP contribution is 2.22. The van der Waals surface area contributed by atoms with Crippen LogP contribution in [0.4, 0.5) is 4.79 Å². The molecule has 1 N–H and O–H groups in total. The molecule has 1 atom stereocenters. The Kier molecular flexibility index (Phi) is 4.68. The van der Waals surface area contributed by atoms with Crippen molar-refractivity contribution in [2.45, 2.75) is 57.8 Å². The SMILES string of the molecule is CC(C)(C)OC(=O)N1CC[C@@H](NCCOC2CC2)C1. The molecule has 19 heavy (non-hydrogen) atoms. The van der Waals surface area contributed by atoms with Crippen LogP contribution in [0, 0.1) is 0 Å². The molecule has 0 bridgehead atoms. The van der Waals surface area contributed by atoms with Gasteiger partial charge in [-0.05, 0) is 40.0 Å². The topological polar surface area (TPSA) is 50.8 Å². The summed E-state index contributed by atoms with van der Waals surface area (Å²) in [6, 6.07) is 0.371. The maximum Gasteiger partial charge on any atom is 0.410 e. The number of nitrogens with zero attached hydrogens (tertiary/aromatic N) is 1. The van der Waals surface area contributed by atoms with Crippen molar-refractivity contribution in [2.75, 3.05) is 26.2 Å². The van der Waals surface area contributed by atoms with Gasteiger partial charge in [0.2, 0.25) is 0 Å². The van der Waals surface area contributed by atoms with Crippen molar-refractivity contribution >= 4 is 6.09 Å². The van der Waals surface area contributed by atoms with Gasteiger partial charge in [0, 0.05) is 25.7 Å². The third-order valence-corrected chi connectivity index (χ3v) is 3.25. The van der Waals surface area contributed by atoms with E-state index in [2.05, 4.69) is 5.32 Å². The molecule has 2 aliphatic rings. The van der Waals surface area contributed by atoms with Crippen LogP contribution in [0.25, 0.3) is 0 Å². The van der Waals surface area contributed by atoms with Gasteiger partial charge < -0.3 is 19.7 Å². The highest BCUT2D eigenvalue weighted by atomic mass is 16.6. The molecule has 1 saturated heterocycles. The molecule has 0 spiro atoms. The lowest BCUT2D eigenvalue weighted by atomic mass is 10.2. The van der Waals surface area contributed by atoms with Crippen LogP contribution in [-0.2, 0) is 9.47 Å². The van der Waals surface area contributed by atoms with Crippen LogP contribution in [-0.4, -0.2) is 55.0 Å². The van der Waals surface area contributed by atoms with E-state index in [1.54, 1.807) is 4.90 Å². The summed E-state index contributed by atoms with van der Waals surface area (Å²) in [6.45, 7) is 8.83. The first-order chi connectivity index (χ1) is 8.94. The van der Waals surface area contributed by atoms with Crippen molar-refractivity contribution in [3.63, 3.8) is 0 Å². The third-order valence-electron chi connectivity index (χ3n) is 3.25. The molecule has 0 aromatic heterocycles. The van der Waals surface area contributed by atoms with E-state index in [4.69, 9.17) is 9.47 Å². The van der Waals surface area contributed by atoms with Gasteiger partial charge >= 0.3 is 6.09 Å². The Morgan fingerprint density at radius 1 is 1.32 bits per heavy atom. The molecule has 1 heterocycles. The zero-order valence-corrected chi connectivity index (χ0v) is 12.3. The minimum absolute atomic E-state index is 0.203. The molecule has 0 radical (unpaired) electrons. The fraction of sp³-hybridized carbons (Fsp3) is 0.929. The van der Waals surface area contributed by atoms with Crippen LogP contribution in [0.3, 0.4) is 0 Å². The molecule has 0 aromatic rings. The number of hydrogen-bond acceptors (Lipinski definition) is 4. The van der Waals surface area contributed by atoms with E-state index in [-0.39, 0.29) is 6.09 Å². The predicted octanol–water partition coefficient (Wildman–Crippen LogP) is 1.76. The number of carbonyl (C=O) groups is 1. The van der Waals surface area contributed by atoms with E-state index in [9.17, 15) is 4.79 Å². The van der Waals surface area contributed by atoms with Gasteiger partial charge in [0.15, 0.2) is 0 Å². The second-order valence-electron chi connectivity index (χ2n) is 6.44. The van der Waals surface area contributed by atoms with Crippen molar-refractivity contribution in [2.24, 2.45) is 0 Å². The van der Waals surface area contributed by atoms with Gasteiger partial charge in [-0.2, -0.15) is 0 Å². The summed E-state index contributed by atoms with van der Waals surface area (Å²) in [5.41, 5.74) is -0.416. The minimum Gasteiger partial charge on any atom is -0.444 e. The van der Waals surface area contributed by atoms with E-state index in [1.165, 1.54) is 12.8 Å². The minimum atomic E-state index is -0.416. The molecule has 110 valence electrons. The van der Waals surface area contributed by atoms with Crippen molar-refractivity contribution < 1.29 is 14.3 Å². The Labute approximate surface area is 115 Å². The van der Waals surface area contributed by atoms with Crippen LogP contribution >= 0.6 is 0 Å². The molecule has 2 rings (SSSR count). The van der Waals surface area contributed by atoms with Gasteiger partial charge in [-0.1, -0.05) is 0 Å². The first-order valence-corrected chi connectivity index (χ1v) is 7.27. The molecule has 1 aliphatic carbocycles. The molecule has 2 fully saturated rings. The van der Waals surface area contributed by atoms with Crippen molar-refractivity contribution in [1.29, 1.82) is 0 Å². The zero-order valence-electron chi connectivity index (χ0n) is 12.3. The number of rotatable bonds is 5. The van der Waals surface area contributed by atoms with E-state index in [0.29, 0.717) is 12.1 Å². The Balaban J connectivity index is 1.60. The Morgan fingerprint density at radius 2 is 2.05 bits per heavy atom. The van der Waals surface area contributed by atoms with E-state index >= 15 is 0 Å². The van der Waals surface area contributed by atoms with Crippen molar-refractivity contribution in [3.8, 4) is 0 Å². The number of ether oxygens (including phenoxy) is 2. The number of hydrogen-bond donors (Lipinski definition) is 1. The van der Waals surface area contributed by atoms with Gasteiger partial charge in [-0.3, -0.25) is 0 Å². The second-order valence-corrected chi connectivity index (χ2v) is 6.44. The quantitative estimate of drug-likeness (QED) is 0.774. The first-order valence-electron chi connectivity index (χ1n) is 7.27. The molecular weight excluding hydrogens is 244 g/mol. The van der Waals surface area contributed by atoms with Gasteiger partial charge in [-0.25, -0.2) is 4.79 Å². The third kappa shape index (κ3) is 5.37. The summed E-state index contributed by atoms with van der Waals surface area (Å²) in [5.74, 6) is 0. The number of carbonyl (C=O) groups excluding carboxylic acids is 1. The Hall–Kier alpha value is -0.810. The van der Waals surface area contributed by atoms with Crippen LogP contribution in [0.5, 0.6) is 0 Å². The molecule has 0 unspecified atom stereocenters. The lowest BCUT2D eigenvalue weighted by Crippen LogP contribution is -2.39. The van der Waals surface area contributed by atoms with E-state index < -0.39 is 5.60 Å². The predicted molar refractivity (Wildman–Crippen MR) is 73.2 cm³/mol. The van der Waals surface area contributed by atoms with E-state index in [0.717, 1.165) is 32.7 Å². The summed E-state index contributed by atoms with van der Waals surface area (Å²) in [7, 11) is 0. The molecular formula is C14H26N2O3. The zero-order chi connectivity index (χ0) is 13.9. The summed E-state index contributed by atoms with van der Waals surface area (Å²) in [4.78, 5) is 13.7. The van der Waals surface area contributed by atoms with Gasteiger partial charge in [0.1, 0.15) is 5.60 Å². The molecule has 5 nitrogen and oxygen atoms in total. The van der Waals surface area contributed by atoms with E-state index in [1.807, 2.05) is 20.8 Å². The summed E-state index contributed by atoms with van der Waals surface area (Å²) in [5, 5.41) is 3.44. The standard InChI is InChI=1S/C14H26N2O3/c1-14(2,3)19-13(17)16-8-6-11(10-16)15-7-9-18-12-4-5-12/h11-12,15H,4-10H2,1-3H3/t11-/m1/s1. The van der Waals surface area contributed by atoms with Gasteiger partial charge in [-0.15, -0.1) is 0 Å². The lowest BCUT2D eigenvalue weighted by molar-refractivity contribution is 0.0290. The lowest BCUT2D eigenvalue weighted by Gasteiger charge is -2.24. The largest absolute Gasteiger partial charge is 0.444 e. The molecule has 0 aromatic carbocycles. The monoisotopic (exact) mass is 270 g/mol. The number of nitrogens with one attached hydrogen (secondary N) is 1.